The molecule has 0 bridgehead atoms. The summed E-state index contributed by atoms with van der Waals surface area (Å²) in [7, 11) is 0. The predicted molar refractivity (Wildman–Crippen MR) is 81.8 cm³/mol. The number of carbonyl (C=O) groups is 1. The fraction of sp³-hybridized carbons (Fsp3) is 0.462. The zero-order chi connectivity index (χ0) is 15.8. The largest absolute Gasteiger partial charge is 0.487 e. The number of ether oxygens (including phenoxy) is 1. The Balaban J connectivity index is 2.48. The Morgan fingerprint density at radius 3 is 2.76 bits per heavy atom. The first kappa shape index (κ1) is 17.4. The molecule has 0 atom stereocenters. The number of nitrogens with two attached hydrogens (primary N) is 1. The Hall–Kier alpha value is -1.67. The monoisotopic (exact) mass is 359 g/mol. The van der Waals surface area contributed by atoms with E-state index in [0.29, 0.717) is 41.7 Å². The summed E-state index contributed by atoms with van der Waals surface area (Å²) in [5, 5.41) is 11.0. The topological polar surface area (TPSA) is 107 Å². The van der Waals surface area contributed by atoms with Crippen LogP contribution in [0.3, 0.4) is 0 Å². The van der Waals surface area contributed by atoms with Crippen LogP contribution < -0.4 is 16.0 Å². The molecule has 1 amide bonds. The summed E-state index contributed by atoms with van der Waals surface area (Å²) in [6.45, 7) is 2.13. The average Bonchev–Trinajstić information content (AvgIpc) is 2.43. The predicted octanol–water partition coefficient (Wildman–Crippen LogP) is 2.59. The number of nitrogens with one attached hydrogen (secondary N) is 1. The van der Waals surface area contributed by atoms with Crippen molar-refractivity contribution in [3.8, 4) is 5.75 Å². The number of benzene rings is 1. The summed E-state index contributed by atoms with van der Waals surface area (Å²) in [6.07, 6.45) is 2.57. The summed E-state index contributed by atoms with van der Waals surface area (Å²) in [5.74, 6) is 5.07. The van der Waals surface area contributed by atoms with Crippen LogP contribution in [0, 0.1) is 17.0 Å². The number of rotatable bonds is 8. The number of hydrogen-bond donors (Lipinski definition) is 2. The molecular formula is C13H18BrN3O4. The molecule has 0 radical (unpaired) electrons. The third-order valence-corrected chi connectivity index (χ3v) is 3.33. The standard InChI is InChI=1S/C13H18BrN3O4/c1-9-7-10(14)8-11(17(19)20)13(9)21-6-4-2-3-5-12(18)16-15/h7-8H,2-6,15H2,1H3,(H,16,18). The lowest BCUT2D eigenvalue weighted by molar-refractivity contribution is -0.386. The lowest BCUT2D eigenvalue weighted by Crippen LogP contribution is -2.29. The van der Waals surface area contributed by atoms with Crippen LogP contribution in [0.25, 0.3) is 0 Å². The summed E-state index contributed by atoms with van der Waals surface area (Å²) >= 11 is 3.23. The zero-order valence-corrected chi connectivity index (χ0v) is 13.3. The number of aryl methyl sites for hydroxylation is 1. The highest BCUT2D eigenvalue weighted by atomic mass is 79.9. The maximum atomic E-state index is 11.0. The molecule has 0 aliphatic carbocycles. The van der Waals surface area contributed by atoms with Crippen LogP contribution in [-0.4, -0.2) is 17.4 Å². The van der Waals surface area contributed by atoms with Gasteiger partial charge in [0.2, 0.25) is 5.91 Å². The van der Waals surface area contributed by atoms with Crippen molar-refractivity contribution in [2.45, 2.75) is 32.6 Å². The number of nitro groups is 1. The smallest absolute Gasteiger partial charge is 0.312 e. The molecule has 1 aromatic rings. The first-order chi connectivity index (χ1) is 9.95. The van der Waals surface area contributed by atoms with Crippen molar-refractivity contribution in [1.29, 1.82) is 0 Å². The summed E-state index contributed by atoms with van der Waals surface area (Å²) < 4.78 is 6.18. The molecule has 1 aromatic carbocycles. The molecule has 0 saturated heterocycles. The number of nitrogens with zero attached hydrogens (tertiary/aromatic N) is 1. The molecule has 0 fully saturated rings. The highest BCUT2D eigenvalue weighted by molar-refractivity contribution is 9.10. The second kappa shape index (κ2) is 8.58. The second-order valence-corrected chi connectivity index (χ2v) is 5.47. The molecule has 8 heteroatoms. The van der Waals surface area contributed by atoms with Gasteiger partial charge in [-0.2, -0.15) is 0 Å². The van der Waals surface area contributed by atoms with E-state index in [9.17, 15) is 14.9 Å². The lowest BCUT2D eigenvalue weighted by Gasteiger charge is -2.10. The number of carbonyl (C=O) groups excluding carboxylic acids is 1. The first-order valence-corrected chi connectivity index (χ1v) is 7.31. The van der Waals surface area contributed by atoms with Gasteiger partial charge < -0.3 is 4.74 Å². The van der Waals surface area contributed by atoms with Gasteiger partial charge in [0.05, 0.1) is 11.5 Å². The summed E-state index contributed by atoms with van der Waals surface area (Å²) in [5.41, 5.74) is 2.72. The fourth-order valence-corrected chi connectivity index (χ4v) is 2.41. The Morgan fingerprint density at radius 2 is 2.14 bits per heavy atom. The van der Waals surface area contributed by atoms with Crippen LogP contribution in [0.5, 0.6) is 5.75 Å². The van der Waals surface area contributed by atoms with Crippen LogP contribution in [-0.2, 0) is 4.79 Å². The van der Waals surface area contributed by atoms with E-state index in [2.05, 4.69) is 21.4 Å². The Morgan fingerprint density at radius 1 is 1.43 bits per heavy atom. The van der Waals surface area contributed by atoms with Gasteiger partial charge in [0.1, 0.15) is 0 Å². The van der Waals surface area contributed by atoms with Gasteiger partial charge in [-0.1, -0.05) is 15.9 Å². The number of halogens is 1. The molecular weight excluding hydrogens is 342 g/mol. The normalized spacial score (nSPS) is 10.2. The maximum Gasteiger partial charge on any atom is 0.312 e. The van der Waals surface area contributed by atoms with Gasteiger partial charge in [-0.3, -0.25) is 20.3 Å². The van der Waals surface area contributed by atoms with Crippen LogP contribution in [0.4, 0.5) is 5.69 Å². The molecule has 116 valence electrons. The Bertz CT molecular complexity index is 522. The highest BCUT2D eigenvalue weighted by Gasteiger charge is 2.18. The van der Waals surface area contributed by atoms with E-state index in [-0.39, 0.29) is 11.6 Å². The van der Waals surface area contributed by atoms with E-state index in [1.54, 1.807) is 13.0 Å². The van der Waals surface area contributed by atoms with Crippen LogP contribution in [0.1, 0.15) is 31.2 Å². The summed E-state index contributed by atoms with van der Waals surface area (Å²) in [4.78, 5) is 21.5. The van der Waals surface area contributed by atoms with Gasteiger partial charge >= 0.3 is 5.69 Å². The van der Waals surface area contributed by atoms with Gasteiger partial charge in [0, 0.05) is 17.0 Å². The molecule has 1 rings (SSSR count). The van der Waals surface area contributed by atoms with Gasteiger partial charge in [0.25, 0.3) is 0 Å². The van der Waals surface area contributed by atoms with E-state index in [1.807, 2.05) is 0 Å². The van der Waals surface area contributed by atoms with Crippen molar-refractivity contribution >= 4 is 27.5 Å². The van der Waals surface area contributed by atoms with Crippen molar-refractivity contribution < 1.29 is 14.5 Å². The fourth-order valence-electron chi connectivity index (χ4n) is 1.85. The third kappa shape index (κ3) is 5.68. The molecule has 7 nitrogen and oxygen atoms in total. The maximum absolute atomic E-state index is 11.0. The third-order valence-electron chi connectivity index (χ3n) is 2.87. The molecule has 3 N–H and O–H groups in total. The minimum absolute atomic E-state index is 0.0515. The van der Waals surface area contributed by atoms with E-state index in [0.717, 1.165) is 6.42 Å². The quantitative estimate of drug-likeness (QED) is 0.244. The van der Waals surface area contributed by atoms with Gasteiger partial charge in [-0.05, 0) is 37.8 Å². The second-order valence-electron chi connectivity index (χ2n) is 4.55. The van der Waals surface area contributed by atoms with Crippen LogP contribution in [0.15, 0.2) is 16.6 Å². The zero-order valence-electron chi connectivity index (χ0n) is 11.7. The van der Waals surface area contributed by atoms with Crippen molar-refractivity contribution in [2.75, 3.05) is 6.61 Å². The molecule has 21 heavy (non-hydrogen) atoms. The SMILES string of the molecule is Cc1cc(Br)cc([N+](=O)[O-])c1OCCCCCC(=O)NN. The molecule has 0 heterocycles. The number of nitro benzene ring substituents is 1. The van der Waals surface area contributed by atoms with Gasteiger partial charge in [0.15, 0.2) is 5.75 Å². The minimum atomic E-state index is -0.460. The van der Waals surface area contributed by atoms with Gasteiger partial charge in [-0.25, -0.2) is 5.84 Å². The minimum Gasteiger partial charge on any atom is -0.487 e. The molecule has 0 aromatic heterocycles. The van der Waals surface area contributed by atoms with Gasteiger partial charge in [-0.15, -0.1) is 0 Å². The molecule has 0 aliphatic rings. The number of amides is 1. The van der Waals surface area contributed by atoms with E-state index >= 15 is 0 Å². The number of hydrogen-bond acceptors (Lipinski definition) is 5. The van der Waals surface area contributed by atoms with Crippen molar-refractivity contribution in [3.05, 3.63) is 32.3 Å². The van der Waals surface area contributed by atoms with E-state index < -0.39 is 4.92 Å². The molecule has 0 aliphatic heterocycles. The summed E-state index contributed by atoms with van der Waals surface area (Å²) in [6, 6.07) is 3.20. The van der Waals surface area contributed by atoms with Crippen molar-refractivity contribution in [3.63, 3.8) is 0 Å². The van der Waals surface area contributed by atoms with E-state index in [4.69, 9.17) is 10.6 Å². The van der Waals surface area contributed by atoms with Crippen molar-refractivity contribution in [2.24, 2.45) is 5.84 Å². The molecule has 0 spiro atoms. The van der Waals surface area contributed by atoms with Crippen LogP contribution >= 0.6 is 15.9 Å². The molecule has 0 unspecified atom stereocenters. The lowest BCUT2D eigenvalue weighted by atomic mass is 10.2. The number of unbranched alkanes of at least 4 members (excludes halogenated alkanes) is 2. The van der Waals surface area contributed by atoms with E-state index in [1.165, 1.54) is 6.07 Å². The Kier molecular flexibility index (Phi) is 7.10. The first-order valence-electron chi connectivity index (χ1n) is 6.52. The van der Waals surface area contributed by atoms with Crippen LogP contribution in [0.2, 0.25) is 0 Å². The average molecular weight is 360 g/mol. The van der Waals surface area contributed by atoms with Crippen molar-refractivity contribution in [1.82, 2.24) is 5.43 Å². The Labute approximate surface area is 131 Å². The molecule has 0 saturated carbocycles. The number of hydrazine groups is 1. The highest BCUT2D eigenvalue weighted by Crippen LogP contribution is 2.34.